The molecule has 0 aliphatic rings. The van der Waals surface area contributed by atoms with Gasteiger partial charge in [0.05, 0.1) is 5.60 Å². The number of rotatable bonds is 7. The summed E-state index contributed by atoms with van der Waals surface area (Å²) in [7, 11) is 0. The number of nitrogens with one attached hydrogen (secondary N) is 1. The lowest BCUT2D eigenvalue weighted by atomic mass is 10.0. The molecule has 2 N–H and O–H groups in total. The number of aliphatic hydroxyl groups is 1. The van der Waals surface area contributed by atoms with Crippen LogP contribution in [0.1, 0.15) is 53.0 Å². The molecule has 0 aliphatic carbocycles. The Balaban J connectivity index is 2.50. The first kappa shape index (κ1) is 17.5. The Kier molecular flexibility index (Phi) is 6.56. The Hall–Kier alpha value is -0.510. The van der Waals surface area contributed by atoms with Crippen LogP contribution >= 0.6 is 11.8 Å². The average molecular weight is 295 g/mol. The maximum Gasteiger partial charge on any atom is 0.0736 e. The molecule has 0 aliphatic heterocycles. The second kappa shape index (κ2) is 7.48. The van der Waals surface area contributed by atoms with Gasteiger partial charge in [0.1, 0.15) is 0 Å². The van der Waals surface area contributed by atoms with Gasteiger partial charge in [0, 0.05) is 22.7 Å². The Bertz CT molecular complexity index is 390. The maximum atomic E-state index is 10.3. The zero-order valence-corrected chi connectivity index (χ0v) is 14.3. The number of benzene rings is 1. The Morgan fingerprint density at radius 3 is 2.05 bits per heavy atom. The van der Waals surface area contributed by atoms with E-state index in [1.165, 1.54) is 10.5 Å². The van der Waals surface area contributed by atoms with Crippen LogP contribution in [0, 0.1) is 0 Å². The van der Waals surface area contributed by atoms with Crippen LogP contribution in [0.15, 0.2) is 29.2 Å². The van der Waals surface area contributed by atoms with E-state index in [1.807, 2.05) is 13.8 Å². The van der Waals surface area contributed by atoms with E-state index < -0.39 is 5.60 Å². The summed E-state index contributed by atoms with van der Waals surface area (Å²) in [5, 5.41) is 13.8. The van der Waals surface area contributed by atoms with Crippen molar-refractivity contribution in [2.24, 2.45) is 0 Å². The fourth-order valence-electron chi connectivity index (χ4n) is 1.74. The van der Waals surface area contributed by atoms with Crippen LogP contribution in [-0.2, 0) is 6.54 Å². The molecule has 0 heterocycles. The van der Waals surface area contributed by atoms with Gasteiger partial charge in [0.25, 0.3) is 0 Å². The molecule has 114 valence electrons. The molecule has 0 amide bonds. The third-order valence-corrected chi connectivity index (χ3v) is 4.86. The van der Waals surface area contributed by atoms with E-state index in [2.05, 4.69) is 50.4 Å². The normalized spacial score (nSPS) is 12.7. The summed E-state index contributed by atoms with van der Waals surface area (Å²) in [6.45, 7) is 11.5. The predicted molar refractivity (Wildman–Crippen MR) is 89.3 cm³/mol. The fourth-order valence-corrected chi connectivity index (χ4v) is 2.91. The highest BCUT2D eigenvalue weighted by atomic mass is 32.2. The lowest BCUT2D eigenvalue weighted by Gasteiger charge is -2.24. The van der Waals surface area contributed by atoms with Crippen molar-refractivity contribution in [2.45, 2.75) is 70.0 Å². The van der Waals surface area contributed by atoms with Crippen molar-refractivity contribution in [2.75, 3.05) is 5.75 Å². The summed E-state index contributed by atoms with van der Waals surface area (Å²) in [5.41, 5.74) is 0.911. The minimum absolute atomic E-state index is 0.145. The Labute approximate surface area is 128 Å². The van der Waals surface area contributed by atoms with Crippen LogP contribution in [-0.4, -0.2) is 22.0 Å². The van der Waals surface area contributed by atoms with Crippen LogP contribution < -0.4 is 5.32 Å². The summed E-state index contributed by atoms with van der Waals surface area (Å²) in [6, 6.07) is 8.63. The van der Waals surface area contributed by atoms with Gasteiger partial charge in [0.2, 0.25) is 0 Å². The topological polar surface area (TPSA) is 32.3 Å². The second-order valence-electron chi connectivity index (χ2n) is 6.47. The monoisotopic (exact) mass is 295 g/mol. The van der Waals surface area contributed by atoms with E-state index in [-0.39, 0.29) is 5.54 Å². The summed E-state index contributed by atoms with van der Waals surface area (Å²) in [6.07, 6.45) is 1.62. The van der Waals surface area contributed by atoms with E-state index in [0.29, 0.717) is 0 Å². The summed E-state index contributed by atoms with van der Waals surface area (Å²) in [4.78, 5) is 1.23. The van der Waals surface area contributed by atoms with Gasteiger partial charge in [-0.15, -0.1) is 11.8 Å². The Morgan fingerprint density at radius 2 is 1.60 bits per heavy atom. The summed E-state index contributed by atoms with van der Waals surface area (Å²) in [5.74, 6) is 0.763. The number of thioether (sulfide) groups is 1. The number of hydrogen-bond donors (Lipinski definition) is 2. The zero-order valence-electron chi connectivity index (χ0n) is 13.5. The van der Waals surface area contributed by atoms with E-state index >= 15 is 0 Å². The van der Waals surface area contributed by atoms with E-state index in [9.17, 15) is 5.11 Å². The quantitative estimate of drug-likeness (QED) is 0.739. The van der Waals surface area contributed by atoms with Crippen LogP contribution in [0.3, 0.4) is 0 Å². The average Bonchev–Trinajstić information content (AvgIpc) is 2.43. The third-order valence-electron chi connectivity index (χ3n) is 3.57. The van der Waals surface area contributed by atoms with Gasteiger partial charge >= 0.3 is 0 Å². The van der Waals surface area contributed by atoms with Gasteiger partial charge in [-0.2, -0.15) is 0 Å². The molecule has 0 aromatic heterocycles. The number of hydrogen-bond acceptors (Lipinski definition) is 3. The minimum Gasteiger partial charge on any atom is -0.389 e. The van der Waals surface area contributed by atoms with Crippen LogP contribution in [0.4, 0.5) is 0 Å². The van der Waals surface area contributed by atoms with Crippen molar-refractivity contribution >= 4 is 11.8 Å². The largest absolute Gasteiger partial charge is 0.389 e. The molecule has 0 saturated heterocycles. The summed E-state index contributed by atoms with van der Waals surface area (Å²) >= 11 is 1.74. The van der Waals surface area contributed by atoms with E-state index in [1.54, 1.807) is 11.8 Å². The first-order valence-electron chi connectivity index (χ1n) is 7.47. The molecule has 0 spiro atoms. The molecule has 0 atom stereocenters. The highest BCUT2D eigenvalue weighted by molar-refractivity contribution is 7.99. The standard InChI is InChI=1S/C17H29NOS/c1-6-17(19,7-2)13-20-15-10-8-14(9-11-15)12-18-16(3,4)5/h8-11,18-19H,6-7,12-13H2,1-5H3. The van der Waals surface area contributed by atoms with Gasteiger partial charge in [0.15, 0.2) is 0 Å². The lowest BCUT2D eigenvalue weighted by Crippen LogP contribution is -2.35. The smallest absolute Gasteiger partial charge is 0.0736 e. The van der Waals surface area contributed by atoms with Gasteiger partial charge in [-0.3, -0.25) is 0 Å². The summed E-state index contributed by atoms with van der Waals surface area (Å²) < 4.78 is 0. The van der Waals surface area contributed by atoms with Crippen molar-refractivity contribution < 1.29 is 5.11 Å². The molecule has 3 heteroatoms. The molecule has 0 saturated carbocycles. The molecule has 1 aromatic carbocycles. The lowest BCUT2D eigenvalue weighted by molar-refractivity contribution is 0.0572. The minimum atomic E-state index is -0.531. The van der Waals surface area contributed by atoms with E-state index in [0.717, 1.165) is 25.1 Å². The van der Waals surface area contributed by atoms with Gasteiger partial charge in [-0.1, -0.05) is 26.0 Å². The highest BCUT2D eigenvalue weighted by Crippen LogP contribution is 2.27. The molecular weight excluding hydrogens is 266 g/mol. The zero-order chi connectivity index (χ0) is 15.2. The van der Waals surface area contributed by atoms with Crippen molar-refractivity contribution in [3.8, 4) is 0 Å². The third kappa shape index (κ3) is 6.29. The van der Waals surface area contributed by atoms with Crippen molar-refractivity contribution in [3.63, 3.8) is 0 Å². The van der Waals surface area contributed by atoms with Crippen LogP contribution in [0.5, 0.6) is 0 Å². The SMILES string of the molecule is CCC(O)(CC)CSc1ccc(CNC(C)(C)C)cc1. The fraction of sp³-hybridized carbons (Fsp3) is 0.647. The molecule has 0 fully saturated rings. The molecule has 2 nitrogen and oxygen atoms in total. The first-order chi connectivity index (χ1) is 9.28. The molecule has 0 bridgehead atoms. The molecule has 20 heavy (non-hydrogen) atoms. The second-order valence-corrected chi connectivity index (χ2v) is 7.52. The van der Waals surface area contributed by atoms with Gasteiger partial charge in [-0.05, 0) is 51.3 Å². The molecule has 0 unspecified atom stereocenters. The van der Waals surface area contributed by atoms with Crippen LogP contribution in [0.25, 0.3) is 0 Å². The van der Waals surface area contributed by atoms with Gasteiger partial charge < -0.3 is 10.4 Å². The predicted octanol–water partition coefficient (Wildman–Crippen LogP) is 4.22. The maximum absolute atomic E-state index is 10.3. The first-order valence-corrected chi connectivity index (χ1v) is 8.46. The molecule has 1 rings (SSSR count). The van der Waals surface area contributed by atoms with Crippen LogP contribution in [0.2, 0.25) is 0 Å². The molecule has 0 radical (unpaired) electrons. The highest BCUT2D eigenvalue weighted by Gasteiger charge is 2.22. The Morgan fingerprint density at radius 1 is 1.05 bits per heavy atom. The van der Waals surface area contributed by atoms with E-state index in [4.69, 9.17) is 0 Å². The van der Waals surface area contributed by atoms with Gasteiger partial charge in [-0.25, -0.2) is 0 Å². The van der Waals surface area contributed by atoms with Crippen molar-refractivity contribution in [3.05, 3.63) is 29.8 Å². The van der Waals surface area contributed by atoms with Crippen molar-refractivity contribution in [1.29, 1.82) is 0 Å². The molecule has 1 aromatic rings. The van der Waals surface area contributed by atoms with Crippen molar-refractivity contribution in [1.82, 2.24) is 5.32 Å². The molecular formula is C17H29NOS.